The van der Waals surface area contributed by atoms with Gasteiger partial charge in [0.2, 0.25) is 0 Å². The van der Waals surface area contributed by atoms with E-state index in [1.807, 2.05) is 6.08 Å². The fraction of sp³-hybridized carbons (Fsp3) is 0.862. The van der Waals surface area contributed by atoms with Crippen LogP contribution in [0.2, 0.25) is 0 Å². The first-order valence-corrected chi connectivity index (χ1v) is 13.9. The topological polar surface area (TPSA) is 55.8 Å². The first-order chi connectivity index (χ1) is 16.2. The van der Waals surface area contributed by atoms with Crippen molar-refractivity contribution in [2.45, 2.75) is 104 Å². The molecule has 3 fully saturated rings. The maximum atomic E-state index is 13.1. The monoisotopic (exact) mass is 473 g/mol. The zero-order valence-corrected chi connectivity index (χ0v) is 22.2. The molecule has 4 aliphatic rings. The zero-order valence-electron chi connectivity index (χ0n) is 22.2. The second kappa shape index (κ2) is 10.4. The van der Waals surface area contributed by atoms with Gasteiger partial charge in [0.15, 0.2) is 5.78 Å². The fourth-order valence-electron chi connectivity index (χ4n) is 8.33. The summed E-state index contributed by atoms with van der Waals surface area (Å²) in [6, 6.07) is 0.350. The first kappa shape index (κ1) is 25.9. The molecule has 192 valence electrons. The number of allylic oxidation sites excluding steroid dienone is 1. The van der Waals surface area contributed by atoms with Gasteiger partial charge in [-0.1, -0.05) is 32.8 Å². The molecule has 0 saturated heterocycles. The molecular formula is C29H47NO4. The van der Waals surface area contributed by atoms with Crippen LogP contribution in [0.4, 0.5) is 0 Å². The Hall–Kier alpha value is -1.20. The van der Waals surface area contributed by atoms with Crippen molar-refractivity contribution in [3.8, 4) is 0 Å². The molecule has 0 spiro atoms. The van der Waals surface area contributed by atoms with Crippen LogP contribution in [0.1, 0.15) is 91.9 Å². The molecule has 0 aromatic carbocycles. The van der Waals surface area contributed by atoms with Gasteiger partial charge in [-0.15, -0.1) is 0 Å². The number of carbonyl (C=O) groups excluding carboxylic acids is 2. The lowest BCUT2D eigenvalue weighted by Crippen LogP contribution is -2.52. The Kier molecular flexibility index (Phi) is 7.93. The molecule has 0 aromatic heterocycles. The second-order valence-electron chi connectivity index (χ2n) is 12.2. The molecule has 7 atom stereocenters. The van der Waals surface area contributed by atoms with E-state index >= 15 is 0 Å². The van der Waals surface area contributed by atoms with Crippen LogP contribution in [0.3, 0.4) is 0 Å². The van der Waals surface area contributed by atoms with Crippen LogP contribution in [-0.2, 0) is 19.1 Å². The van der Waals surface area contributed by atoms with E-state index in [1.54, 1.807) is 7.11 Å². The third-order valence-electron chi connectivity index (χ3n) is 10.4. The normalized spacial score (nSPS) is 38.1. The molecule has 4 aliphatic carbocycles. The third-order valence-corrected chi connectivity index (χ3v) is 10.4. The van der Waals surface area contributed by atoms with E-state index in [9.17, 15) is 9.59 Å². The molecule has 0 N–H and O–H groups in total. The number of hydrogen-bond acceptors (Lipinski definition) is 5. The number of methoxy groups -OCH3 is 1. The average molecular weight is 474 g/mol. The highest BCUT2D eigenvalue weighted by atomic mass is 16.5. The molecule has 7 unspecified atom stereocenters. The minimum atomic E-state index is -0.0697. The Morgan fingerprint density at radius 3 is 2.68 bits per heavy atom. The van der Waals surface area contributed by atoms with Crippen molar-refractivity contribution in [3.63, 3.8) is 0 Å². The smallest absolute Gasteiger partial charge is 0.320 e. The standard InChI is InChI=1S/C29H47NO4/c1-6-7-20(2)30(16-17-33-5)19-27(32)34-26-11-10-24-23-9-8-21-18-22(31)12-14-28(21,3)25(23)13-15-29(24,26)4/h18,20,23-26H,6-17,19H2,1-5H3. The molecule has 0 amide bonds. The number of carbonyl (C=O) groups is 2. The van der Waals surface area contributed by atoms with Crippen LogP contribution >= 0.6 is 0 Å². The van der Waals surface area contributed by atoms with Gasteiger partial charge in [-0.2, -0.15) is 0 Å². The maximum Gasteiger partial charge on any atom is 0.320 e. The number of nitrogens with zero attached hydrogens (tertiary/aromatic N) is 1. The van der Waals surface area contributed by atoms with Gasteiger partial charge in [0.1, 0.15) is 6.10 Å². The number of esters is 1. The molecule has 3 saturated carbocycles. The summed E-state index contributed by atoms with van der Waals surface area (Å²) in [7, 11) is 1.71. The summed E-state index contributed by atoms with van der Waals surface area (Å²) in [5.41, 5.74) is 1.71. The number of fused-ring (bicyclic) bond motifs is 5. The quantitative estimate of drug-likeness (QED) is 0.410. The third kappa shape index (κ3) is 4.76. The lowest BCUT2D eigenvalue weighted by Gasteiger charge is -2.57. The van der Waals surface area contributed by atoms with Crippen molar-refractivity contribution in [1.29, 1.82) is 0 Å². The predicted octanol–water partition coefficient (Wildman–Crippen LogP) is 5.57. The molecule has 0 bridgehead atoms. The van der Waals surface area contributed by atoms with Crippen LogP contribution in [0.15, 0.2) is 11.6 Å². The SMILES string of the molecule is CCCC(C)N(CCOC)CC(=O)OC1CCC2C3CCC4=CC(=O)CCC4(C)C3CCC12C. The first-order valence-electron chi connectivity index (χ1n) is 13.9. The van der Waals surface area contributed by atoms with Gasteiger partial charge in [0.05, 0.1) is 13.2 Å². The lowest BCUT2D eigenvalue weighted by atomic mass is 9.47. The van der Waals surface area contributed by atoms with Gasteiger partial charge in [-0.3, -0.25) is 14.5 Å². The summed E-state index contributed by atoms with van der Waals surface area (Å²) >= 11 is 0. The summed E-state index contributed by atoms with van der Waals surface area (Å²) in [6.07, 6.45) is 12.7. The van der Waals surface area contributed by atoms with Gasteiger partial charge in [0, 0.05) is 31.5 Å². The van der Waals surface area contributed by atoms with E-state index in [2.05, 4.69) is 32.6 Å². The average Bonchev–Trinajstić information content (AvgIpc) is 3.13. The summed E-state index contributed by atoms with van der Waals surface area (Å²) in [4.78, 5) is 27.4. The maximum absolute atomic E-state index is 13.1. The summed E-state index contributed by atoms with van der Waals surface area (Å²) in [6.45, 7) is 11.0. The Labute approximate surface area is 207 Å². The number of rotatable bonds is 9. The zero-order chi connectivity index (χ0) is 24.5. The lowest BCUT2D eigenvalue weighted by molar-refractivity contribution is -0.161. The summed E-state index contributed by atoms with van der Waals surface area (Å²) in [5.74, 6) is 2.25. The predicted molar refractivity (Wildman–Crippen MR) is 134 cm³/mol. The van der Waals surface area contributed by atoms with Crippen LogP contribution in [0, 0.1) is 28.6 Å². The van der Waals surface area contributed by atoms with Crippen LogP contribution in [-0.4, -0.2) is 55.6 Å². The number of ketones is 1. The largest absolute Gasteiger partial charge is 0.461 e. The molecule has 0 heterocycles. The van der Waals surface area contributed by atoms with Crippen LogP contribution < -0.4 is 0 Å². The van der Waals surface area contributed by atoms with E-state index < -0.39 is 0 Å². The minimum absolute atomic E-state index is 0.0365. The number of ether oxygens (including phenoxy) is 2. The summed E-state index contributed by atoms with van der Waals surface area (Å²) in [5, 5.41) is 0. The molecule has 4 rings (SSSR count). The van der Waals surface area contributed by atoms with Crippen LogP contribution in [0.5, 0.6) is 0 Å². The Bertz CT molecular complexity index is 793. The van der Waals surface area contributed by atoms with E-state index in [1.165, 1.54) is 24.8 Å². The fourth-order valence-corrected chi connectivity index (χ4v) is 8.33. The van der Waals surface area contributed by atoms with Crippen molar-refractivity contribution in [2.75, 3.05) is 26.8 Å². The van der Waals surface area contributed by atoms with Gasteiger partial charge in [-0.05, 0) is 87.5 Å². The molecule has 0 aliphatic heterocycles. The molecule has 0 radical (unpaired) electrons. The van der Waals surface area contributed by atoms with Crippen LogP contribution in [0.25, 0.3) is 0 Å². The van der Waals surface area contributed by atoms with Crippen molar-refractivity contribution in [2.24, 2.45) is 28.6 Å². The van der Waals surface area contributed by atoms with Gasteiger partial charge >= 0.3 is 5.97 Å². The molecule has 34 heavy (non-hydrogen) atoms. The highest BCUT2D eigenvalue weighted by Crippen LogP contribution is 2.65. The Balaban J connectivity index is 1.42. The van der Waals surface area contributed by atoms with Gasteiger partial charge < -0.3 is 9.47 Å². The summed E-state index contributed by atoms with van der Waals surface area (Å²) < 4.78 is 11.6. The van der Waals surface area contributed by atoms with Gasteiger partial charge in [-0.25, -0.2) is 0 Å². The van der Waals surface area contributed by atoms with E-state index in [0.717, 1.165) is 45.1 Å². The van der Waals surface area contributed by atoms with Crippen molar-refractivity contribution in [3.05, 3.63) is 11.6 Å². The number of hydrogen-bond donors (Lipinski definition) is 0. The second-order valence-corrected chi connectivity index (χ2v) is 12.2. The van der Waals surface area contributed by atoms with E-state index in [4.69, 9.17) is 9.47 Å². The van der Waals surface area contributed by atoms with Crippen molar-refractivity contribution < 1.29 is 19.1 Å². The molecule has 5 nitrogen and oxygen atoms in total. The minimum Gasteiger partial charge on any atom is -0.461 e. The Morgan fingerprint density at radius 1 is 1.15 bits per heavy atom. The molecule has 0 aromatic rings. The highest BCUT2D eigenvalue weighted by molar-refractivity contribution is 5.91. The van der Waals surface area contributed by atoms with Crippen molar-refractivity contribution >= 4 is 11.8 Å². The molecular weight excluding hydrogens is 426 g/mol. The van der Waals surface area contributed by atoms with E-state index in [0.29, 0.717) is 49.2 Å². The molecule has 5 heteroatoms. The van der Waals surface area contributed by atoms with Gasteiger partial charge in [0.25, 0.3) is 0 Å². The Morgan fingerprint density at radius 2 is 1.94 bits per heavy atom. The highest BCUT2D eigenvalue weighted by Gasteiger charge is 2.60. The van der Waals surface area contributed by atoms with Crippen molar-refractivity contribution in [1.82, 2.24) is 4.90 Å². The van der Waals surface area contributed by atoms with E-state index in [-0.39, 0.29) is 22.9 Å².